The molecule has 1 amide bonds. The molecular formula is C22H23NO5. The topological polar surface area (TPSA) is 80.0 Å². The number of nitrogens with zero attached hydrogens (tertiary/aromatic N) is 1. The van der Waals surface area contributed by atoms with E-state index < -0.39 is 5.63 Å². The lowest BCUT2D eigenvalue weighted by atomic mass is 10.1. The van der Waals surface area contributed by atoms with Crippen LogP contribution in [0.15, 0.2) is 69.9 Å². The van der Waals surface area contributed by atoms with Crippen molar-refractivity contribution in [2.45, 2.75) is 13.5 Å². The molecule has 0 aliphatic heterocycles. The first-order chi connectivity index (χ1) is 13.5. The predicted octanol–water partition coefficient (Wildman–Crippen LogP) is 2.83. The third kappa shape index (κ3) is 5.20. The van der Waals surface area contributed by atoms with Crippen molar-refractivity contribution in [1.82, 2.24) is 4.90 Å². The van der Waals surface area contributed by atoms with Gasteiger partial charge in [0.1, 0.15) is 11.3 Å². The fourth-order valence-electron chi connectivity index (χ4n) is 2.86. The molecule has 28 heavy (non-hydrogen) atoms. The first-order valence-corrected chi connectivity index (χ1v) is 9.14. The van der Waals surface area contributed by atoms with Crippen LogP contribution in [0.4, 0.5) is 0 Å². The molecule has 2 aromatic carbocycles. The first kappa shape index (κ1) is 19.6. The number of ether oxygens (including phenoxy) is 1. The minimum Gasteiger partial charge on any atom is -0.484 e. The molecule has 0 spiro atoms. The summed E-state index contributed by atoms with van der Waals surface area (Å²) in [4.78, 5) is 25.8. The number of carbonyl (C=O) groups excluding carboxylic acids is 1. The van der Waals surface area contributed by atoms with Crippen LogP contribution in [0, 0.1) is 5.92 Å². The van der Waals surface area contributed by atoms with E-state index in [9.17, 15) is 14.7 Å². The van der Waals surface area contributed by atoms with Gasteiger partial charge >= 0.3 is 5.63 Å². The van der Waals surface area contributed by atoms with Crippen LogP contribution in [0.2, 0.25) is 0 Å². The van der Waals surface area contributed by atoms with E-state index in [1.165, 1.54) is 6.07 Å². The quantitative estimate of drug-likeness (QED) is 0.607. The van der Waals surface area contributed by atoms with Crippen molar-refractivity contribution in [1.29, 1.82) is 0 Å². The van der Waals surface area contributed by atoms with Crippen LogP contribution in [0.25, 0.3) is 11.0 Å². The lowest BCUT2D eigenvalue weighted by Gasteiger charge is -2.25. The predicted molar refractivity (Wildman–Crippen MR) is 106 cm³/mol. The standard InChI is InChI=1S/C22H23NO5/c1-16(14-24)12-23(13-17-5-3-2-4-6-17)21(25)15-27-19-9-7-18-8-10-22(26)28-20(18)11-19/h2-11,16,24H,12-15H2,1H3. The summed E-state index contributed by atoms with van der Waals surface area (Å²) in [5.74, 6) is 0.228. The Kier molecular flexibility index (Phi) is 6.45. The minimum atomic E-state index is -0.437. The van der Waals surface area contributed by atoms with E-state index in [0.29, 0.717) is 24.4 Å². The summed E-state index contributed by atoms with van der Waals surface area (Å²) in [5, 5.41) is 10.1. The number of fused-ring (bicyclic) bond motifs is 1. The Hall–Kier alpha value is -3.12. The van der Waals surface area contributed by atoms with Gasteiger partial charge in [-0.25, -0.2) is 4.79 Å². The molecule has 0 radical (unpaired) electrons. The van der Waals surface area contributed by atoms with Crippen LogP contribution < -0.4 is 10.4 Å². The summed E-state index contributed by atoms with van der Waals surface area (Å²) in [5.41, 5.74) is 0.980. The number of hydrogen-bond donors (Lipinski definition) is 1. The Balaban J connectivity index is 1.69. The van der Waals surface area contributed by atoms with E-state index >= 15 is 0 Å². The van der Waals surface area contributed by atoms with Gasteiger partial charge in [-0.3, -0.25) is 4.79 Å². The van der Waals surface area contributed by atoms with Crippen molar-refractivity contribution in [2.75, 3.05) is 19.8 Å². The second kappa shape index (κ2) is 9.19. The molecule has 146 valence electrons. The van der Waals surface area contributed by atoms with Gasteiger partial charge in [-0.15, -0.1) is 0 Å². The van der Waals surface area contributed by atoms with E-state index in [1.54, 1.807) is 29.2 Å². The summed E-state index contributed by atoms with van der Waals surface area (Å²) >= 11 is 0. The van der Waals surface area contributed by atoms with Crippen LogP contribution in [0.1, 0.15) is 12.5 Å². The fraction of sp³-hybridized carbons (Fsp3) is 0.273. The molecule has 3 aromatic rings. The highest BCUT2D eigenvalue weighted by Gasteiger charge is 2.17. The van der Waals surface area contributed by atoms with Crippen molar-refractivity contribution >= 4 is 16.9 Å². The van der Waals surface area contributed by atoms with Gasteiger partial charge in [0.2, 0.25) is 0 Å². The van der Waals surface area contributed by atoms with E-state index in [0.717, 1.165) is 10.9 Å². The van der Waals surface area contributed by atoms with Crippen molar-refractivity contribution in [3.63, 3.8) is 0 Å². The number of benzene rings is 2. The average Bonchev–Trinajstić information content (AvgIpc) is 2.71. The number of amides is 1. The van der Waals surface area contributed by atoms with Crippen molar-refractivity contribution in [3.8, 4) is 5.75 Å². The number of aliphatic hydroxyl groups excluding tert-OH is 1. The Morgan fingerprint density at radius 2 is 1.89 bits per heavy atom. The van der Waals surface area contributed by atoms with Crippen LogP contribution >= 0.6 is 0 Å². The second-order valence-electron chi connectivity index (χ2n) is 6.79. The molecule has 6 nitrogen and oxygen atoms in total. The molecular weight excluding hydrogens is 358 g/mol. The highest BCUT2D eigenvalue weighted by atomic mass is 16.5. The Labute approximate surface area is 163 Å². The molecule has 0 fully saturated rings. The number of aliphatic hydroxyl groups is 1. The van der Waals surface area contributed by atoms with Gasteiger partial charge in [0.15, 0.2) is 6.61 Å². The zero-order valence-electron chi connectivity index (χ0n) is 15.7. The fourth-order valence-corrected chi connectivity index (χ4v) is 2.86. The Bertz CT molecular complexity index is 983. The van der Waals surface area contributed by atoms with Crippen molar-refractivity contribution < 1.29 is 19.1 Å². The Morgan fingerprint density at radius 3 is 2.64 bits per heavy atom. The summed E-state index contributed by atoms with van der Waals surface area (Å²) in [6, 6.07) is 17.8. The molecule has 1 heterocycles. The Morgan fingerprint density at radius 1 is 1.14 bits per heavy atom. The number of hydrogen-bond acceptors (Lipinski definition) is 5. The van der Waals surface area contributed by atoms with Gasteiger partial charge in [0, 0.05) is 37.2 Å². The maximum atomic E-state index is 12.7. The molecule has 0 aliphatic rings. The zero-order valence-corrected chi connectivity index (χ0v) is 15.7. The van der Waals surface area contributed by atoms with Gasteiger partial charge < -0.3 is 19.2 Å². The molecule has 0 saturated carbocycles. The third-order valence-corrected chi connectivity index (χ3v) is 4.37. The zero-order chi connectivity index (χ0) is 19.9. The number of rotatable bonds is 8. The average molecular weight is 381 g/mol. The molecule has 6 heteroatoms. The lowest BCUT2D eigenvalue weighted by molar-refractivity contribution is -0.134. The molecule has 1 aromatic heterocycles. The molecule has 0 saturated heterocycles. The maximum absolute atomic E-state index is 12.7. The molecule has 3 rings (SSSR count). The maximum Gasteiger partial charge on any atom is 0.336 e. The summed E-state index contributed by atoms with van der Waals surface area (Å²) in [6.45, 7) is 2.62. The van der Waals surface area contributed by atoms with Crippen LogP contribution in [-0.4, -0.2) is 35.7 Å². The molecule has 0 aliphatic carbocycles. The normalized spacial score (nSPS) is 11.9. The van der Waals surface area contributed by atoms with Crippen molar-refractivity contribution in [2.24, 2.45) is 5.92 Å². The van der Waals surface area contributed by atoms with Crippen LogP contribution in [0.3, 0.4) is 0 Å². The molecule has 1 atom stereocenters. The SMILES string of the molecule is CC(CO)CN(Cc1ccccc1)C(=O)COc1ccc2ccc(=O)oc2c1. The third-order valence-electron chi connectivity index (χ3n) is 4.37. The lowest BCUT2D eigenvalue weighted by Crippen LogP contribution is -2.38. The van der Waals surface area contributed by atoms with Crippen LogP contribution in [-0.2, 0) is 11.3 Å². The van der Waals surface area contributed by atoms with E-state index in [1.807, 2.05) is 37.3 Å². The minimum absolute atomic E-state index is 0.00311. The summed E-state index contributed by atoms with van der Waals surface area (Å²) in [7, 11) is 0. The monoisotopic (exact) mass is 381 g/mol. The first-order valence-electron chi connectivity index (χ1n) is 9.14. The van der Waals surface area contributed by atoms with Gasteiger partial charge in [-0.05, 0) is 29.7 Å². The van der Waals surface area contributed by atoms with Gasteiger partial charge in [-0.1, -0.05) is 37.3 Å². The second-order valence-corrected chi connectivity index (χ2v) is 6.79. The highest BCUT2D eigenvalue weighted by Crippen LogP contribution is 2.19. The van der Waals surface area contributed by atoms with Crippen molar-refractivity contribution in [3.05, 3.63) is 76.6 Å². The van der Waals surface area contributed by atoms with Gasteiger partial charge in [-0.2, -0.15) is 0 Å². The smallest absolute Gasteiger partial charge is 0.336 e. The van der Waals surface area contributed by atoms with Gasteiger partial charge in [0.25, 0.3) is 5.91 Å². The van der Waals surface area contributed by atoms with E-state index in [-0.39, 0.29) is 25.0 Å². The summed E-state index contributed by atoms with van der Waals surface area (Å²) in [6.07, 6.45) is 0. The number of carbonyl (C=O) groups is 1. The highest BCUT2D eigenvalue weighted by molar-refractivity contribution is 5.79. The molecule has 0 bridgehead atoms. The molecule has 1 unspecified atom stereocenters. The summed E-state index contributed by atoms with van der Waals surface area (Å²) < 4.78 is 10.8. The largest absolute Gasteiger partial charge is 0.484 e. The van der Waals surface area contributed by atoms with Crippen LogP contribution in [0.5, 0.6) is 5.75 Å². The van der Waals surface area contributed by atoms with E-state index in [2.05, 4.69) is 0 Å². The van der Waals surface area contributed by atoms with Gasteiger partial charge in [0.05, 0.1) is 0 Å². The molecule has 1 N–H and O–H groups in total. The van der Waals surface area contributed by atoms with E-state index in [4.69, 9.17) is 9.15 Å².